The first kappa shape index (κ1) is 17.4. The maximum absolute atomic E-state index is 12.2. The highest BCUT2D eigenvalue weighted by atomic mass is 32.2. The minimum Gasteiger partial charge on any atom is -0.354 e. The summed E-state index contributed by atoms with van der Waals surface area (Å²) in [5.74, 6) is 0.471. The third-order valence-corrected chi connectivity index (χ3v) is 6.12. The molecule has 1 unspecified atom stereocenters. The third-order valence-electron chi connectivity index (χ3n) is 4.05. The Morgan fingerprint density at radius 2 is 1.95 bits per heavy atom. The number of carbonyl (C=O) groups is 1. The Labute approximate surface area is 123 Å². The first-order chi connectivity index (χ1) is 9.46. The summed E-state index contributed by atoms with van der Waals surface area (Å²) in [6.07, 6.45) is 4.04. The van der Waals surface area contributed by atoms with Crippen molar-refractivity contribution in [3.8, 4) is 0 Å². The number of nitrogens with zero attached hydrogens (tertiary/aromatic N) is 1. The van der Waals surface area contributed by atoms with E-state index in [-0.39, 0.29) is 11.7 Å². The number of hydrogen-bond donors (Lipinski definition) is 1. The molecule has 0 saturated carbocycles. The van der Waals surface area contributed by atoms with Gasteiger partial charge in [0.25, 0.3) is 0 Å². The first-order valence-corrected chi connectivity index (χ1v) is 9.34. The Bertz CT molecular complexity index is 405. The minimum absolute atomic E-state index is 0.128. The van der Waals surface area contributed by atoms with Crippen LogP contribution in [-0.2, 0) is 14.8 Å². The van der Waals surface area contributed by atoms with Crippen molar-refractivity contribution < 1.29 is 13.2 Å². The number of amides is 1. The zero-order chi connectivity index (χ0) is 15.2. The van der Waals surface area contributed by atoms with Gasteiger partial charge >= 0.3 is 0 Å². The quantitative estimate of drug-likeness (QED) is 0.743. The Kier molecular flexibility index (Phi) is 6.95. The van der Waals surface area contributed by atoms with Crippen molar-refractivity contribution in [1.82, 2.24) is 9.62 Å². The summed E-state index contributed by atoms with van der Waals surface area (Å²) in [6.45, 7) is 7.17. The minimum atomic E-state index is -3.28. The molecular formula is C14H28N2O3S. The van der Waals surface area contributed by atoms with E-state index in [1.54, 1.807) is 0 Å². The molecule has 0 spiro atoms. The van der Waals surface area contributed by atoms with Crippen LogP contribution in [0.1, 0.15) is 52.9 Å². The van der Waals surface area contributed by atoms with E-state index in [1.165, 1.54) is 4.31 Å². The first-order valence-electron chi connectivity index (χ1n) is 7.73. The molecule has 1 aliphatic heterocycles. The van der Waals surface area contributed by atoms with Crippen LogP contribution in [0, 0.1) is 5.92 Å². The Morgan fingerprint density at radius 3 is 2.50 bits per heavy atom. The van der Waals surface area contributed by atoms with Crippen LogP contribution in [-0.4, -0.2) is 43.5 Å². The average Bonchev–Trinajstić information content (AvgIpc) is 2.89. The summed E-state index contributed by atoms with van der Waals surface area (Å²) in [4.78, 5) is 12.2. The molecule has 1 heterocycles. The van der Waals surface area contributed by atoms with Crippen LogP contribution in [0.25, 0.3) is 0 Å². The van der Waals surface area contributed by atoms with Gasteiger partial charge in [-0.2, -0.15) is 4.31 Å². The maximum Gasteiger partial charge on any atom is 0.238 e. The maximum atomic E-state index is 12.2. The van der Waals surface area contributed by atoms with Crippen molar-refractivity contribution in [2.75, 3.05) is 18.8 Å². The van der Waals surface area contributed by atoms with E-state index < -0.39 is 16.1 Å². The highest BCUT2D eigenvalue weighted by Gasteiger charge is 2.37. The predicted octanol–water partition coefficient (Wildman–Crippen LogP) is 1.74. The number of nitrogens with one attached hydrogen (secondary N) is 1. The van der Waals surface area contributed by atoms with Gasteiger partial charge in [-0.05, 0) is 25.2 Å². The monoisotopic (exact) mass is 304 g/mol. The van der Waals surface area contributed by atoms with Gasteiger partial charge in [0, 0.05) is 13.1 Å². The second-order valence-electron chi connectivity index (χ2n) is 5.51. The molecule has 0 radical (unpaired) electrons. The molecule has 20 heavy (non-hydrogen) atoms. The topological polar surface area (TPSA) is 66.5 Å². The summed E-state index contributed by atoms with van der Waals surface area (Å²) < 4.78 is 25.7. The molecule has 0 aromatic heterocycles. The summed E-state index contributed by atoms with van der Waals surface area (Å²) in [7, 11) is -3.28. The number of hydrogen-bond acceptors (Lipinski definition) is 3. The summed E-state index contributed by atoms with van der Waals surface area (Å²) in [5.41, 5.74) is 0. The molecule has 1 amide bonds. The molecule has 118 valence electrons. The molecule has 6 heteroatoms. The molecule has 5 nitrogen and oxygen atoms in total. The molecule has 1 aliphatic rings. The predicted molar refractivity (Wildman–Crippen MR) is 80.9 cm³/mol. The van der Waals surface area contributed by atoms with Crippen molar-refractivity contribution in [2.24, 2.45) is 5.92 Å². The van der Waals surface area contributed by atoms with Crippen LogP contribution in [0.15, 0.2) is 0 Å². The van der Waals surface area contributed by atoms with Crippen molar-refractivity contribution >= 4 is 15.9 Å². The van der Waals surface area contributed by atoms with Crippen molar-refractivity contribution in [1.29, 1.82) is 0 Å². The molecule has 1 atom stereocenters. The molecule has 1 N–H and O–H groups in total. The van der Waals surface area contributed by atoms with E-state index in [0.717, 1.165) is 19.3 Å². The Morgan fingerprint density at radius 1 is 1.30 bits per heavy atom. The summed E-state index contributed by atoms with van der Waals surface area (Å²) in [6, 6.07) is -0.499. The van der Waals surface area contributed by atoms with Crippen LogP contribution in [0.5, 0.6) is 0 Å². The summed E-state index contributed by atoms with van der Waals surface area (Å²) in [5, 5.41) is 2.93. The fourth-order valence-electron chi connectivity index (χ4n) is 2.65. The number of sulfonamides is 1. The molecular weight excluding hydrogens is 276 g/mol. The van der Waals surface area contributed by atoms with Crippen molar-refractivity contribution in [2.45, 2.75) is 58.9 Å². The van der Waals surface area contributed by atoms with E-state index in [0.29, 0.717) is 31.8 Å². The van der Waals surface area contributed by atoms with Gasteiger partial charge in [0.05, 0.1) is 5.75 Å². The zero-order valence-electron chi connectivity index (χ0n) is 12.9. The highest BCUT2D eigenvalue weighted by molar-refractivity contribution is 7.89. The van der Waals surface area contributed by atoms with Gasteiger partial charge in [0.1, 0.15) is 6.04 Å². The second kappa shape index (κ2) is 7.98. The van der Waals surface area contributed by atoms with Gasteiger partial charge in [0.15, 0.2) is 0 Å². The van der Waals surface area contributed by atoms with Gasteiger partial charge < -0.3 is 5.32 Å². The van der Waals surface area contributed by atoms with E-state index in [2.05, 4.69) is 19.2 Å². The molecule has 1 rings (SSSR count). The van der Waals surface area contributed by atoms with Crippen LogP contribution in [0.4, 0.5) is 0 Å². The normalized spacial score (nSPS) is 20.5. The van der Waals surface area contributed by atoms with Gasteiger partial charge in [0.2, 0.25) is 15.9 Å². The number of rotatable bonds is 8. The molecule has 0 aromatic rings. The van der Waals surface area contributed by atoms with Crippen molar-refractivity contribution in [3.63, 3.8) is 0 Å². The van der Waals surface area contributed by atoms with E-state index in [1.807, 2.05) is 6.92 Å². The Balaban J connectivity index is 2.62. The second-order valence-corrected chi connectivity index (χ2v) is 7.55. The van der Waals surface area contributed by atoms with Crippen LogP contribution in [0.3, 0.4) is 0 Å². The van der Waals surface area contributed by atoms with Gasteiger partial charge in [-0.3, -0.25) is 4.79 Å². The lowest BCUT2D eigenvalue weighted by molar-refractivity contribution is -0.124. The fraction of sp³-hybridized carbons (Fsp3) is 0.929. The molecule has 0 aliphatic carbocycles. The van der Waals surface area contributed by atoms with Crippen molar-refractivity contribution in [3.05, 3.63) is 0 Å². The lowest BCUT2D eigenvalue weighted by atomic mass is 10.0. The Hall–Kier alpha value is -0.620. The number of carbonyl (C=O) groups excluding carboxylic acids is 1. The summed E-state index contributed by atoms with van der Waals surface area (Å²) >= 11 is 0. The van der Waals surface area contributed by atoms with E-state index in [9.17, 15) is 13.2 Å². The highest BCUT2D eigenvalue weighted by Crippen LogP contribution is 2.22. The smallest absolute Gasteiger partial charge is 0.238 e. The fourth-order valence-corrected chi connectivity index (χ4v) is 4.40. The van der Waals surface area contributed by atoms with Gasteiger partial charge in [-0.25, -0.2) is 8.42 Å². The van der Waals surface area contributed by atoms with Gasteiger partial charge in [-0.1, -0.05) is 33.6 Å². The van der Waals surface area contributed by atoms with Gasteiger partial charge in [-0.15, -0.1) is 0 Å². The van der Waals surface area contributed by atoms with E-state index >= 15 is 0 Å². The molecule has 1 saturated heterocycles. The standard InChI is InChI=1S/C14H28N2O3S/c1-4-10-20(18,19)16-9-7-8-13(16)14(17)15-11-12(5-2)6-3/h12-13H,4-11H2,1-3H3,(H,15,17). The molecule has 1 fully saturated rings. The average molecular weight is 304 g/mol. The molecule has 0 bridgehead atoms. The van der Waals surface area contributed by atoms with Crippen LogP contribution >= 0.6 is 0 Å². The zero-order valence-corrected chi connectivity index (χ0v) is 13.7. The van der Waals surface area contributed by atoms with Crippen LogP contribution < -0.4 is 5.32 Å². The van der Waals surface area contributed by atoms with E-state index in [4.69, 9.17) is 0 Å². The SMILES string of the molecule is CCCS(=O)(=O)N1CCCC1C(=O)NCC(CC)CC. The largest absolute Gasteiger partial charge is 0.354 e. The third kappa shape index (κ3) is 4.45. The van der Waals surface area contributed by atoms with Crippen LogP contribution in [0.2, 0.25) is 0 Å². The lowest BCUT2D eigenvalue weighted by Crippen LogP contribution is -2.47. The molecule has 0 aromatic carbocycles. The lowest BCUT2D eigenvalue weighted by Gasteiger charge is -2.24.